The van der Waals surface area contributed by atoms with E-state index in [4.69, 9.17) is 14.2 Å². The van der Waals surface area contributed by atoms with Gasteiger partial charge in [0.1, 0.15) is 12.4 Å². The topological polar surface area (TPSA) is 90.9 Å². The third-order valence-electron chi connectivity index (χ3n) is 4.44. The van der Waals surface area contributed by atoms with Gasteiger partial charge in [0, 0.05) is 17.9 Å². The van der Waals surface area contributed by atoms with Crippen LogP contribution in [0.15, 0.2) is 48.5 Å². The number of ketones is 1. The normalized spacial score (nSPS) is 15.6. The largest absolute Gasteiger partial charge is 0.491 e. The number of amides is 1. The Hall–Kier alpha value is -3.19. The van der Waals surface area contributed by atoms with Crippen LogP contribution >= 0.6 is 0 Å². The molecule has 0 aliphatic carbocycles. The van der Waals surface area contributed by atoms with Gasteiger partial charge >= 0.3 is 5.97 Å². The number of hydrogen-bond acceptors (Lipinski definition) is 6. The average Bonchev–Trinajstić information content (AvgIpc) is 3.25. The Morgan fingerprint density at radius 1 is 1.10 bits per heavy atom. The smallest absolute Gasteiger partial charge is 0.338 e. The van der Waals surface area contributed by atoms with Crippen molar-refractivity contribution in [1.82, 2.24) is 0 Å². The summed E-state index contributed by atoms with van der Waals surface area (Å²) in [6, 6.07) is 13.1. The van der Waals surface area contributed by atoms with Crippen LogP contribution in [0.3, 0.4) is 0 Å². The Balaban J connectivity index is 1.45. The number of rotatable bonds is 8. The van der Waals surface area contributed by atoms with Crippen molar-refractivity contribution in [3.63, 3.8) is 0 Å². The summed E-state index contributed by atoms with van der Waals surface area (Å²) in [7, 11) is 0. The molecular weight excluding hydrogens is 374 g/mol. The lowest BCUT2D eigenvalue weighted by atomic mass is 10.1. The number of ether oxygens (including phenoxy) is 3. The van der Waals surface area contributed by atoms with Gasteiger partial charge in [0.05, 0.1) is 11.7 Å². The summed E-state index contributed by atoms with van der Waals surface area (Å²) < 4.78 is 16.2. The number of esters is 1. The third-order valence-corrected chi connectivity index (χ3v) is 4.44. The van der Waals surface area contributed by atoms with Gasteiger partial charge in [-0.25, -0.2) is 4.79 Å². The van der Waals surface area contributed by atoms with Crippen LogP contribution in [0, 0.1) is 0 Å². The van der Waals surface area contributed by atoms with E-state index in [1.807, 2.05) is 0 Å². The molecule has 3 rings (SSSR count). The Labute approximate surface area is 169 Å². The number of nitrogens with one attached hydrogen (secondary N) is 1. The number of carbonyl (C=O) groups is 3. The van der Waals surface area contributed by atoms with E-state index in [9.17, 15) is 14.4 Å². The predicted octanol–water partition coefficient (Wildman–Crippen LogP) is 3.24. The number of anilines is 1. The highest BCUT2D eigenvalue weighted by molar-refractivity contribution is 5.98. The molecule has 0 radical (unpaired) electrons. The first-order valence-electron chi connectivity index (χ1n) is 9.44. The zero-order chi connectivity index (χ0) is 20.6. The second kappa shape index (κ2) is 9.84. The maximum Gasteiger partial charge on any atom is 0.338 e. The Morgan fingerprint density at radius 3 is 2.59 bits per heavy atom. The van der Waals surface area contributed by atoms with E-state index in [-0.39, 0.29) is 11.9 Å². The molecule has 1 saturated heterocycles. The molecule has 1 amide bonds. The molecule has 1 aliphatic rings. The number of Topliss-reactive ketones (excluding diaryl/α,β-unsaturated/α-hetero) is 1. The van der Waals surface area contributed by atoms with Crippen LogP contribution < -0.4 is 10.1 Å². The molecule has 152 valence electrons. The number of hydrogen-bond donors (Lipinski definition) is 1. The molecule has 1 atom stereocenters. The van der Waals surface area contributed by atoms with Crippen molar-refractivity contribution < 1.29 is 28.6 Å². The minimum absolute atomic E-state index is 0.101. The summed E-state index contributed by atoms with van der Waals surface area (Å²) in [6.07, 6.45) is 2.16. The Bertz CT molecular complexity index is 871. The summed E-state index contributed by atoms with van der Waals surface area (Å²) in [6.45, 7) is 2.27. The summed E-state index contributed by atoms with van der Waals surface area (Å²) >= 11 is 0. The number of carbonyl (C=O) groups excluding carboxylic acids is 3. The van der Waals surface area contributed by atoms with Crippen LogP contribution in [0.1, 0.15) is 40.5 Å². The molecule has 1 heterocycles. The highest BCUT2D eigenvalue weighted by Crippen LogP contribution is 2.17. The molecule has 0 bridgehead atoms. The fraction of sp³-hybridized carbons (Fsp3) is 0.318. The van der Waals surface area contributed by atoms with Crippen molar-refractivity contribution in [2.75, 3.05) is 25.1 Å². The van der Waals surface area contributed by atoms with Crippen LogP contribution in [-0.4, -0.2) is 43.6 Å². The second-order valence-corrected chi connectivity index (χ2v) is 6.73. The van der Waals surface area contributed by atoms with Gasteiger partial charge in [0.2, 0.25) is 0 Å². The molecule has 0 saturated carbocycles. The van der Waals surface area contributed by atoms with Crippen molar-refractivity contribution in [3.8, 4) is 5.75 Å². The van der Waals surface area contributed by atoms with Crippen LogP contribution in [0.4, 0.5) is 5.69 Å². The number of benzene rings is 2. The predicted molar refractivity (Wildman–Crippen MR) is 106 cm³/mol. The first-order chi connectivity index (χ1) is 14.0. The van der Waals surface area contributed by atoms with Gasteiger partial charge < -0.3 is 19.5 Å². The molecule has 1 fully saturated rings. The van der Waals surface area contributed by atoms with Crippen molar-refractivity contribution >= 4 is 23.3 Å². The lowest BCUT2D eigenvalue weighted by molar-refractivity contribution is -0.119. The quantitative estimate of drug-likeness (QED) is 0.543. The van der Waals surface area contributed by atoms with Gasteiger partial charge in [-0.15, -0.1) is 0 Å². The maximum absolute atomic E-state index is 12.1. The molecule has 7 heteroatoms. The van der Waals surface area contributed by atoms with E-state index in [1.165, 1.54) is 6.92 Å². The highest BCUT2D eigenvalue weighted by atomic mass is 16.5. The van der Waals surface area contributed by atoms with Gasteiger partial charge in [-0.2, -0.15) is 0 Å². The van der Waals surface area contributed by atoms with Crippen LogP contribution in [-0.2, 0) is 14.3 Å². The molecule has 29 heavy (non-hydrogen) atoms. The molecule has 1 N–H and O–H groups in total. The summed E-state index contributed by atoms with van der Waals surface area (Å²) in [4.78, 5) is 35.5. The van der Waals surface area contributed by atoms with Crippen LogP contribution in [0.2, 0.25) is 0 Å². The monoisotopic (exact) mass is 397 g/mol. The van der Waals surface area contributed by atoms with E-state index >= 15 is 0 Å². The molecule has 0 spiro atoms. The first kappa shape index (κ1) is 20.5. The summed E-state index contributed by atoms with van der Waals surface area (Å²) in [5.41, 5.74) is 1.27. The van der Waals surface area contributed by atoms with Gasteiger partial charge in [-0.3, -0.25) is 9.59 Å². The third kappa shape index (κ3) is 6.15. The minimum Gasteiger partial charge on any atom is -0.491 e. The van der Waals surface area contributed by atoms with Crippen molar-refractivity contribution in [2.24, 2.45) is 0 Å². The van der Waals surface area contributed by atoms with E-state index < -0.39 is 18.5 Å². The van der Waals surface area contributed by atoms with Crippen LogP contribution in [0.25, 0.3) is 0 Å². The Morgan fingerprint density at radius 2 is 1.90 bits per heavy atom. The second-order valence-electron chi connectivity index (χ2n) is 6.73. The Kier molecular flexibility index (Phi) is 6.97. The van der Waals surface area contributed by atoms with Gasteiger partial charge in [0.25, 0.3) is 5.91 Å². The molecule has 2 aromatic rings. The zero-order valence-corrected chi connectivity index (χ0v) is 16.2. The van der Waals surface area contributed by atoms with Crippen molar-refractivity contribution in [2.45, 2.75) is 25.9 Å². The zero-order valence-electron chi connectivity index (χ0n) is 16.2. The van der Waals surface area contributed by atoms with E-state index in [1.54, 1.807) is 48.5 Å². The molecule has 0 aromatic heterocycles. The molecule has 7 nitrogen and oxygen atoms in total. The van der Waals surface area contributed by atoms with Gasteiger partial charge in [-0.1, -0.05) is 12.1 Å². The molecular formula is C22H23NO6. The van der Waals surface area contributed by atoms with Crippen LogP contribution in [0.5, 0.6) is 5.75 Å². The maximum atomic E-state index is 12.1. The fourth-order valence-electron chi connectivity index (χ4n) is 2.88. The summed E-state index contributed by atoms with van der Waals surface area (Å²) in [5, 5.41) is 2.60. The first-order valence-corrected chi connectivity index (χ1v) is 9.44. The lowest BCUT2D eigenvalue weighted by Crippen LogP contribution is -2.21. The minimum atomic E-state index is -0.608. The molecule has 0 unspecified atom stereocenters. The van der Waals surface area contributed by atoms with Crippen molar-refractivity contribution in [3.05, 3.63) is 59.7 Å². The van der Waals surface area contributed by atoms with E-state index in [0.29, 0.717) is 29.2 Å². The van der Waals surface area contributed by atoms with Gasteiger partial charge in [0.15, 0.2) is 12.4 Å². The molecule has 1 aliphatic heterocycles. The lowest BCUT2D eigenvalue weighted by Gasteiger charge is -2.11. The van der Waals surface area contributed by atoms with Gasteiger partial charge in [-0.05, 0) is 56.2 Å². The van der Waals surface area contributed by atoms with Crippen molar-refractivity contribution in [1.29, 1.82) is 0 Å². The van der Waals surface area contributed by atoms with E-state index in [2.05, 4.69) is 5.32 Å². The fourth-order valence-corrected chi connectivity index (χ4v) is 2.88. The average molecular weight is 397 g/mol. The SMILES string of the molecule is CC(=O)c1cccc(NC(=O)COC(=O)c2ccc(OC[C@H]3CCCO3)cc2)c1. The standard InChI is InChI=1S/C22H23NO6/c1-15(24)17-4-2-5-18(12-17)23-21(25)14-29-22(26)16-7-9-19(10-8-16)28-13-20-6-3-11-27-20/h2,4-5,7-10,12,20H,3,6,11,13-14H2,1H3,(H,23,25)/t20-/m1/s1. The van der Waals surface area contributed by atoms with E-state index in [0.717, 1.165) is 19.4 Å². The molecule has 2 aromatic carbocycles. The summed E-state index contributed by atoms with van der Waals surface area (Å²) in [5.74, 6) is -0.560. The highest BCUT2D eigenvalue weighted by Gasteiger charge is 2.16.